The first-order valence-electron chi connectivity index (χ1n) is 10.2. The van der Waals surface area contributed by atoms with Gasteiger partial charge in [0.25, 0.3) is 5.91 Å². The van der Waals surface area contributed by atoms with Gasteiger partial charge in [0.05, 0.1) is 22.8 Å². The van der Waals surface area contributed by atoms with Gasteiger partial charge in [-0.2, -0.15) is 5.10 Å². The number of halogens is 1. The van der Waals surface area contributed by atoms with Gasteiger partial charge in [-0.05, 0) is 37.6 Å². The van der Waals surface area contributed by atoms with Gasteiger partial charge in [-0.25, -0.2) is 9.97 Å². The van der Waals surface area contributed by atoms with E-state index in [1.54, 1.807) is 17.1 Å². The van der Waals surface area contributed by atoms with E-state index < -0.39 is 5.54 Å². The molecule has 0 fully saturated rings. The minimum atomic E-state index is -0.552. The maximum Gasteiger partial charge on any atom is 0.255 e. The Morgan fingerprint density at radius 3 is 2.72 bits per heavy atom. The van der Waals surface area contributed by atoms with Crippen molar-refractivity contribution in [3.8, 4) is 11.4 Å². The molecular formula is C24H21ClN6O. The monoisotopic (exact) mass is 444 g/mol. The zero-order chi connectivity index (χ0) is 22.5. The molecule has 1 amide bonds. The lowest BCUT2D eigenvalue weighted by molar-refractivity contribution is 0.0913. The van der Waals surface area contributed by atoms with Gasteiger partial charge in [-0.3, -0.25) is 9.48 Å². The molecule has 2 N–H and O–H groups in total. The Balaban J connectivity index is 1.55. The van der Waals surface area contributed by atoms with Crippen molar-refractivity contribution >= 4 is 39.6 Å². The molecule has 5 aromatic rings. The number of carbonyl (C=O) groups is 1. The van der Waals surface area contributed by atoms with E-state index in [0.29, 0.717) is 33.1 Å². The number of H-pyrrole nitrogens is 1. The van der Waals surface area contributed by atoms with E-state index in [0.717, 1.165) is 16.5 Å². The fraction of sp³-hybridized carbons (Fsp3) is 0.167. The molecular weight excluding hydrogens is 424 g/mol. The molecule has 0 aliphatic carbocycles. The highest BCUT2D eigenvalue weighted by Crippen LogP contribution is 2.29. The molecule has 0 saturated heterocycles. The fourth-order valence-electron chi connectivity index (χ4n) is 3.88. The topological polar surface area (TPSA) is 88.5 Å². The standard InChI is InChI=1S/C24H21ClN6O/c1-24(2,14-7-5-4-6-8-14)29-23(32)17-12-26-22-21(17)28-18(13-27-22)20-16-10-9-15(25)11-19(16)31(3)30-20/h4-13H,1-3H3,(H,26,27)(H,29,32). The Hall–Kier alpha value is -3.71. The number of fused-ring (bicyclic) bond motifs is 2. The average Bonchev–Trinajstić information content (AvgIpc) is 3.35. The van der Waals surface area contributed by atoms with E-state index >= 15 is 0 Å². The van der Waals surface area contributed by atoms with Gasteiger partial charge >= 0.3 is 0 Å². The van der Waals surface area contributed by atoms with Crippen LogP contribution in [0, 0.1) is 0 Å². The molecule has 0 bridgehead atoms. The van der Waals surface area contributed by atoms with Gasteiger partial charge in [0.15, 0.2) is 5.65 Å². The Kier molecular flexibility index (Phi) is 4.71. The van der Waals surface area contributed by atoms with Gasteiger partial charge < -0.3 is 10.3 Å². The fourth-order valence-corrected chi connectivity index (χ4v) is 4.04. The van der Waals surface area contributed by atoms with Crippen molar-refractivity contribution in [1.29, 1.82) is 0 Å². The van der Waals surface area contributed by atoms with Crippen molar-refractivity contribution in [1.82, 2.24) is 30.0 Å². The van der Waals surface area contributed by atoms with Crippen LogP contribution in [0.4, 0.5) is 0 Å². The number of nitrogens with one attached hydrogen (secondary N) is 2. The number of hydrogen-bond acceptors (Lipinski definition) is 4. The number of nitrogens with zero attached hydrogens (tertiary/aromatic N) is 4. The Bertz CT molecular complexity index is 1470. The summed E-state index contributed by atoms with van der Waals surface area (Å²) in [6.45, 7) is 3.94. The van der Waals surface area contributed by atoms with Crippen LogP contribution in [0.25, 0.3) is 33.5 Å². The van der Waals surface area contributed by atoms with E-state index in [4.69, 9.17) is 16.6 Å². The first-order valence-corrected chi connectivity index (χ1v) is 10.6. The Labute approximate surface area is 189 Å². The van der Waals surface area contributed by atoms with Crippen LogP contribution in [0.1, 0.15) is 29.8 Å². The lowest BCUT2D eigenvalue weighted by Gasteiger charge is -2.26. The third-order valence-corrected chi connectivity index (χ3v) is 5.84. The van der Waals surface area contributed by atoms with Gasteiger partial charge in [-0.1, -0.05) is 41.9 Å². The van der Waals surface area contributed by atoms with Crippen LogP contribution >= 0.6 is 11.6 Å². The van der Waals surface area contributed by atoms with Gasteiger partial charge in [0.2, 0.25) is 0 Å². The van der Waals surface area contributed by atoms with Crippen molar-refractivity contribution in [2.75, 3.05) is 0 Å². The van der Waals surface area contributed by atoms with Crippen LogP contribution in [0.5, 0.6) is 0 Å². The van der Waals surface area contributed by atoms with Crippen molar-refractivity contribution in [3.05, 3.63) is 77.1 Å². The van der Waals surface area contributed by atoms with Gasteiger partial charge in [0.1, 0.15) is 16.9 Å². The molecule has 0 saturated carbocycles. The molecule has 3 heterocycles. The molecule has 7 nitrogen and oxygen atoms in total. The van der Waals surface area contributed by atoms with E-state index in [1.807, 2.05) is 69.4 Å². The summed E-state index contributed by atoms with van der Waals surface area (Å²) in [6.07, 6.45) is 3.30. The third kappa shape index (κ3) is 3.40. The number of benzene rings is 2. The van der Waals surface area contributed by atoms with Crippen molar-refractivity contribution in [2.24, 2.45) is 7.05 Å². The zero-order valence-corrected chi connectivity index (χ0v) is 18.6. The molecule has 0 aliphatic heterocycles. The molecule has 0 atom stereocenters. The van der Waals surface area contributed by atoms with Crippen molar-refractivity contribution < 1.29 is 4.79 Å². The maximum atomic E-state index is 13.2. The second kappa shape index (κ2) is 7.46. The van der Waals surface area contributed by atoms with E-state index in [-0.39, 0.29) is 5.91 Å². The maximum absolute atomic E-state index is 13.2. The zero-order valence-electron chi connectivity index (χ0n) is 17.8. The number of hydrogen-bond donors (Lipinski definition) is 2. The summed E-state index contributed by atoms with van der Waals surface area (Å²) in [7, 11) is 1.86. The second-order valence-electron chi connectivity index (χ2n) is 8.23. The summed E-state index contributed by atoms with van der Waals surface area (Å²) >= 11 is 6.14. The largest absolute Gasteiger partial charge is 0.344 e. The van der Waals surface area contributed by atoms with E-state index in [1.165, 1.54) is 0 Å². The molecule has 0 spiro atoms. The predicted octanol–water partition coefficient (Wildman–Crippen LogP) is 4.83. The molecule has 2 aromatic carbocycles. The van der Waals surface area contributed by atoms with E-state index in [2.05, 4.69) is 20.4 Å². The molecule has 8 heteroatoms. The van der Waals surface area contributed by atoms with Crippen LogP contribution in [-0.4, -0.2) is 30.6 Å². The molecule has 5 rings (SSSR count). The predicted molar refractivity (Wildman–Crippen MR) is 126 cm³/mol. The molecule has 160 valence electrons. The summed E-state index contributed by atoms with van der Waals surface area (Å²) in [4.78, 5) is 25.5. The number of carbonyl (C=O) groups excluding carboxylic acids is 1. The van der Waals surface area contributed by atoms with E-state index in [9.17, 15) is 4.79 Å². The normalized spacial score (nSPS) is 11.9. The SMILES string of the molecule is Cn1nc(-c2cnc3[nH]cc(C(=O)NC(C)(C)c4ccccc4)c3n2)c2ccc(Cl)cc21. The highest BCUT2D eigenvalue weighted by atomic mass is 35.5. The summed E-state index contributed by atoms with van der Waals surface area (Å²) in [5.41, 5.74) is 4.10. The highest BCUT2D eigenvalue weighted by Gasteiger charge is 2.25. The first-order chi connectivity index (χ1) is 15.3. The minimum Gasteiger partial charge on any atom is -0.344 e. The molecule has 32 heavy (non-hydrogen) atoms. The number of rotatable bonds is 4. The number of aryl methyl sites for hydroxylation is 1. The highest BCUT2D eigenvalue weighted by molar-refractivity contribution is 6.31. The number of amides is 1. The molecule has 0 aliphatic rings. The third-order valence-electron chi connectivity index (χ3n) is 5.60. The second-order valence-corrected chi connectivity index (χ2v) is 8.67. The van der Waals surface area contributed by atoms with Crippen molar-refractivity contribution in [3.63, 3.8) is 0 Å². The van der Waals surface area contributed by atoms with Crippen LogP contribution in [0.15, 0.2) is 60.9 Å². The summed E-state index contributed by atoms with van der Waals surface area (Å²) in [5, 5.41) is 9.27. The number of aromatic nitrogens is 5. The first kappa shape index (κ1) is 20.2. The lowest BCUT2D eigenvalue weighted by Crippen LogP contribution is -2.40. The van der Waals surface area contributed by atoms with Crippen LogP contribution in [0.3, 0.4) is 0 Å². The molecule has 3 aromatic heterocycles. The van der Waals surface area contributed by atoms with Crippen LogP contribution in [-0.2, 0) is 12.6 Å². The summed E-state index contributed by atoms with van der Waals surface area (Å²) < 4.78 is 1.76. The quantitative estimate of drug-likeness (QED) is 0.415. The minimum absolute atomic E-state index is 0.228. The van der Waals surface area contributed by atoms with Gasteiger partial charge in [0, 0.05) is 23.7 Å². The Morgan fingerprint density at radius 2 is 1.94 bits per heavy atom. The van der Waals surface area contributed by atoms with Crippen LogP contribution < -0.4 is 5.32 Å². The Morgan fingerprint density at radius 1 is 1.16 bits per heavy atom. The molecule has 0 unspecified atom stereocenters. The van der Waals surface area contributed by atoms with Crippen molar-refractivity contribution in [2.45, 2.75) is 19.4 Å². The van der Waals surface area contributed by atoms with Gasteiger partial charge in [-0.15, -0.1) is 0 Å². The summed E-state index contributed by atoms with van der Waals surface area (Å²) in [6, 6.07) is 15.4. The lowest BCUT2D eigenvalue weighted by atomic mass is 9.94. The smallest absolute Gasteiger partial charge is 0.255 e. The summed E-state index contributed by atoms with van der Waals surface area (Å²) in [5.74, 6) is -0.228. The number of aromatic amines is 1. The average molecular weight is 445 g/mol. The molecule has 0 radical (unpaired) electrons. The van der Waals surface area contributed by atoms with Crippen LogP contribution in [0.2, 0.25) is 5.02 Å².